The molecule has 2 N–H and O–H groups in total. The molecule has 0 atom stereocenters. The first kappa shape index (κ1) is 13.6. The number of rotatable bonds is 4. The Kier molecular flexibility index (Phi) is 3.60. The highest BCUT2D eigenvalue weighted by Crippen LogP contribution is 2.31. The van der Waals surface area contributed by atoms with Crippen molar-refractivity contribution in [2.45, 2.75) is 32.4 Å². The van der Waals surface area contributed by atoms with Gasteiger partial charge >= 0.3 is 0 Å². The van der Waals surface area contributed by atoms with Crippen LogP contribution in [0.5, 0.6) is 0 Å². The summed E-state index contributed by atoms with van der Waals surface area (Å²) in [5, 5.41) is 0. The molecule has 0 radical (unpaired) electrons. The van der Waals surface area contributed by atoms with Crippen molar-refractivity contribution >= 4 is 11.6 Å². The molecule has 21 heavy (non-hydrogen) atoms. The molecule has 4 heteroatoms. The van der Waals surface area contributed by atoms with Crippen LogP contribution < -0.4 is 5.73 Å². The van der Waals surface area contributed by atoms with Crippen molar-refractivity contribution in [3.63, 3.8) is 0 Å². The Balaban J connectivity index is 1.89. The maximum Gasteiger partial charge on any atom is 0.256 e. The average Bonchev–Trinajstić information content (AvgIpc) is 3.30. The maximum atomic E-state index is 12.9. The van der Waals surface area contributed by atoms with Crippen LogP contribution in [0, 0.1) is 6.92 Å². The van der Waals surface area contributed by atoms with Crippen molar-refractivity contribution in [2.24, 2.45) is 0 Å². The molecule has 1 fully saturated rings. The highest BCUT2D eigenvalue weighted by molar-refractivity contribution is 6.00. The van der Waals surface area contributed by atoms with E-state index >= 15 is 0 Å². The lowest BCUT2D eigenvalue weighted by Crippen LogP contribution is -2.33. The number of anilines is 1. The summed E-state index contributed by atoms with van der Waals surface area (Å²) < 4.78 is 0. The molecule has 0 spiro atoms. The number of carbonyl (C=O) groups is 1. The largest absolute Gasteiger partial charge is 0.398 e. The third-order valence-corrected chi connectivity index (χ3v) is 3.87. The molecule has 4 nitrogen and oxygen atoms in total. The Morgan fingerprint density at radius 3 is 2.62 bits per heavy atom. The van der Waals surface area contributed by atoms with Gasteiger partial charge in [0.15, 0.2) is 0 Å². The Morgan fingerprint density at radius 2 is 2.00 bits per heavy atom. The third kappa shape index (κ3) is 2.89. The SMILES string of the molecule is Cc1cccc(N)c1C(=O)N(Cc1ccncc1)C1CC1. The fraction of sp³-hybridized carbons (Fsp3) is 0.294. The molecule has 1 aliphatic rings. The van der Waals surface area contributed by atoms with E-state index in [1.165, 1.54) is 0 Å². The van der Waals surface area contributed by atoms with Crippen LogP contribution in [0.4, 0.5) is 5.69 Å². The van der Waals surface area contributed by atoms with Gasteiger partial charge in [-0.25, -0.2) is 0 Å². The van der Waals surface area contributed by atoms with Gasteiger partial charge in [0.25, 0.3) is 5.91 Å². The van der Waals surface area contributed by atoms with Gasteiger partial charge in [-0.05, 0) is 49.1 Å². The van der Waals surface area contributed by atoms with Crippen LogP contribution >= 0.6 is 0 Å². The minimum Gasteiger partial charge on any atom is -0.398 e. The van der Waals surface area contributed by atoms with Crippen molar-refractivity contribution in [3.8, 4) is 0 Å². The van der Waals surface area contributed by atoms with Crippen LogP contribution in [0.25, 0.3) is 0 Å². The van der Waals surface area contributed by atoms with Crippen molar-refractivity contribution < 1.29 is 4.79 Å². The predicted molar refractivity (Wildman–Crippen MR) is 82.7 cm³/mol. The quantitative estimate of drug-likeness (QED) is 0.877. The first-order chi connectivity index (χ1) is 10.2. The van der Waals surface area contributed by atoms with Gasteiger partial charge in [0.05, 0.1) is 5.56 Å². The average molecular weight is 281 g/mol. The molecular weight excluding hydrogens is 262 g/mol. The lowest BCUT2D eigenvalue weighted by molar-refractivity contribution is 0.0730. The first-order valence-corrected chi connectivity index (χ1v) is 7.22. The van der Waals surface area contributed by atoms with Crippen LogP contribution in [-0.2, 0) is 6.54 Å². The molecule has 0 unspecified atom stereocenters. The Bertz CT molecular complexity index is 630. The standard InChI is InChI=1S/C17H19N3O/c1-12-3-2-4-15(18)16(12)17(21)20(14-5-6-14)11-13-7-9-19-10-8-13/h2-4,7-10,14H,5-6,11,18H2,1H3. The third-order valence-electron chi connectivity index (χ3n) is 3.87. The zero-order valence-electron chi connectivity index (χ0n) is 12.1. The topological polar surface area (TPSA) is 59.2 Å². The molecule has 1 aliphatic carbocycles. The van der Waals surface area contributed by atoms with E-state index < -0.39 is 0 Å². The number of pyridine rings is 1. The number of aromatic nitrogens is 1. The summed E-state index contributed by atoms with van der Waals surface area (Å²) >= 11 is 0. The number of amides is 1. The zero-order valence-corrected chi connectivity index (χ0v) is 12.1. The first-order valence-electron chi connectivity index (χ1n) is 7.22. The number of aryl methyl sites for hydroxylation is 1. The molecule has 1 aromatic carbocycles. The number of nitrogens with zero attached hydrogens (tertiary/aromatic N) is 2. The molecule has 2 aromatic rings. The van der Waals surface area contributed by atoms with E-state index in [2.05, 4.69) is 4.98 Å². The number of benzene rings is 1. The van der Waals surface area contributed by atoms with E-state index in [4.69, 9.17) is 5.73 Å². The van der Waals surface area contributed by atoms with Gasteiger partial charge < -0.3 is 10.6 Å². The second-order valence-corrected chi connectivity index (χ2v) is 5.56. The summed E-state index contributed by atoms with van der Waals surface area (Å²) in [6, 6.07) is 9.84. The molecular formula is C17H19N3O. The van der Waals surface area contributed by atoms with Gasteiger partial charge in [-0.1, -0.05) is 12.1 Å². The van der Waals surface area contributed by atoms with E-state index in [9.17, 15) is 4.79 Å². The highest BCUT2D eigenvalue weighted by Gasteiger charge is 2.34. The van der Waals surface area contributed by atoms with Gasteiger partial charge in [0, 0.05) is 30.7 Å². The second kappa shape index (κ2) is 5.56. The minimum absolute atomic E-state index is 0.0323. The molecule has 3 rings (SSSR count). The molecule has 0 aliphatic heterocycles. The van der Waals surface area contributed by atoms with Crippen LogP contribution in [0.2, 0.25) is 0 Å². The lowest BCUT2D eigenvalue weighted by Gasteiger charge is -2.24. The van der Waals surface area contributed by atoms with Crippen molar-refractivity contribution in [1.82, 2.24) is 9.88 Å². The molecule has 1 aromatic heterocycles. The number of carbonyl (C=O) groups excluding carboxylic acids is 1. The molecule has 1 amide bonds. The van der Waals surface area contributed by atoms with Crippen LogP contribution in [0.3, 0.4) is 0 Å². The second-order valence-electron chi connectivity index (χ2n) is 5.56. The van der Waals surface area contributed by atoms with Gasteiger partial charge in [0.1, 0.15) is 0 Å². The van der Waals surface area contributed by atoms with E-state index in [-0.39, 0.29) is 5.91 Å². The Hall–Kier alpha value is -2.36. The van der Waals surface area contributed by atoms with E-state index in [0.29, 0.717) is 23.8 Å². The number of nitrogen functional groups attached to an aromatic ring is 1. The van der Waals surface area contributed by atoms with Crippen LogP contribution in [0.15, 0.2) is 42.7 Å². The molecule has 1 heterocycles. The van der Waals surface area contributed by atoms with Crippen molar-refractivity contribution in [1.29, 1.82) is 0 Å². The van der Waals surface area contributed by atoms with Crippen molar-refractivity contribution in [3.05, 3.63) is 59.4 Å². The molecule has 0 bridgehead atoms. The van der Waals surface area contributed by atoms with E-state index in [0.717, 1.165) is 24.0 Å². The van der Waals surface area contributed by atoms with Crippen LogP contribution in [0.1, 0.15) is 34.3 Å². The number of nitrogens with two attached hydrogens (primary N) is 1. The van der Waals surface area contributed by atoms with Gasteiger partial charge in [0.2, 0.25) is 0 Å². The lowest BCUT2D eigenvalue weighted by atomic mass is 10.0. The monoisotopic (exact) mass is 281 g/mol. The summed E-state index contributed by atoms with van der Waals surface area (Å²) in [7, 11) is 0. The molecule has 1 saturated carbocycles. The number of hydrogen-bond acceptors (Lipinski definition) is 3. The minimum atomic E-state index is 0.0323. The fourth-order valence-electron chi connectivity index (χ4n) is 2.56. The smallest absolute Gasteiger partial charge is 0.256 e. The van der Waals surface area contributed by atoms with Gasteiger partial charge in [-0.2, -0.15) is 0 Å². The number of hydrogen-bond donors (Lipinski definition) is 1. The summed E-state index contributed by atoms with van der Waals surface area (Å²) in [6.07, 6.45) is 5.66. The van der Waals surface area contributed by atoms with Gasteiger partial charge in [-0.3, -0.25) is 9.78 Å². The van der Waals surface area contributed by atoms with E-state index in [1.807, 2.05) is 36.1 Å². The van der Waals surface area contributed by atoms with Gasteiger partial charge in [-0.15, -0.1) is 0 Å². The Morgan fingerprint density at radius 1 is 1.29 bits per heavy atom. The summed E-state index contributed by atoms with van der Waals surface area (Å²) in [6.45, 7) is 2.54. The molecule has 0 saturated heterocycles. The fourth-order valence-corrected chi connectivity index (χ4v) is 2.56. The van der Waals surface area contributed by atoms with E-state index in [1.54, 1.807) is 18.5 Å². The van der Waals surface area contributed by atoms with Crippen molar-refractivity contribution in [2.75, 3.05) is 5.73 Å². The highest BCUT2D eigenvalue weighted by atomic mass is 16.2. The summed E-state index contributed by atoms with van der Waals surface area (Å²) in [5.74, 6) is 0.0323. The van der Waals surface area contributed by atoms with Crippen LogP contribution in [-0.4, -0.2) is 21.8 Å². The maximum absolute atomic E-state index is 12.9. The predicted octanol–water partition coefficient (Wildman–Crippen LogP) is 2.78. The molecule has 108 valence electrons. The normalized spacial score (nSPS) is 14.0. The summed E-state index contributed by atoms with van der Waals surface area (Å²) in [4.78, 5) is 18.9. The Labute approximate surface area is 124 Å². The summed E-state index contributed by atoms with van der Waals surface area (Å²) in [5.41, 5.74) is 9.24. The zero-order chi connectivity index (χ0) is 14.8.